The summed E-state index contributed by atoms with van der Waals surface area (Å²) in [5.74, 6) is 1.10. The minimum atomic E-state index is -0.204. The largest absolute Gasteiger partial charge is 0.303 e. The summed E-state index contributed by atoms with van der Waals surface area (Å²) in [5, 5.41) is 0. The van der Waals surface area contributed by atoms with Gasteiger partial charge in [-0.3, -0.25) is 0 Å². The van der Waals surface area contributed by atoms with Gasteiger partial charge in [0.15, 0.2) is 0 Å². The molecule has 1 aromatic heterocycles. The van der Waals surface area contributed by atoms with Crippen molar-refractivity contribution in [1.82, 2.24) is 4.98 Å². The number of rotatable bonds is 2. The second-order valence-electron chi connectivity index (χ2n) is 6.19. The first-order valence-electron chi connectivity index (χ1n) is 7.74. The van der Waals surface area contributed by atoms with Crippen LogP contribution >= 0.6 is 12.8 Å². The third-order valence-electron chi connectivity index (χ3n) is 4.28. The molecule has 4 heteroatoms. The summed E-state index contributed by atoms with van der Waals surface area (Å²) < 4.78 is 15.2. The summed E-state index contributed by atoms with van der Waals surface area (Å²) >= 11 is 4.58. The molecule has 0 spiro atoms. The van der Waals surface area contributed by atoms with Crippen LogP contribution in [0.4, 0.5) is 10.2 Å². The van der Waals surface area contributed by atoms with E-state index >= 15 is 0 Å². The Labute approximate surface area is 136 Å². The van der Waals surface area contributed by atoms with Crippen molar-refractivity contribution in [3.05, 3.63) is 46.9 Å². The van der Waals surface area contributed by atoms with E-state index in [2.05, 4.69) is 33.6 Å². The smallest absolute Gasteiger partial charge is 0.142 e. The van der Waals surface area contributed by atoms with Crippen LogP contribution in [0.25, 0.3) is 11.1 Å². The minimum absolute atomic E-state index is 0.204. The van der Waals surface area contributed by atoms with Crippen molar-refractivity contribution in [2.45, 2.75) is 39.5 Å². The summed E-state index contributed by atoms with van der Waals surface area (Å²) in [6.45, 7) is 7.34. The predicted molar refractivity (Wildman–Crippen MR) is 93.1 cm³/mol. The molecular weight excluding hydrogens is 295 g/mol. The van der Waals surface area contributed by atoms with Crippen molar-refractivity contribution >= 4 is 18.6 Å². The fourth-order valence-electron chi connectivity index (χ4n) is 3.26. The zero-order valence-electron chi connectivity index (χ0n) is 13.2. The number of fused-ring (bicyclic) bond motifs is 1. The van der Waals surface area contributed by atoms with Crippen LogP contribution < -0.4 is 4.31 Å². The van der Waals surface area contributed by atoms with Gasteiger partial charge in [0, 0.05) is 17.8 Å². The van der Waals surface area contributed by atoms with E-state index in [1.54, 1.807) is 0 Å². The molecule has 22 heavy (non-hydrogen) atoms. The topological polar surface area (TPSA) is 16.1 Å². The standard InChI is InChI=1S/C18H21FN2S/c1-11(2)17-12(3)16(13-6-8-14(19)9-7-13)15-5-4-10-21(22)18(15)20-17/h6-9,11,22H,4-5,10H2,1-3H3. The van der Waals surface area contributed by atoms with Gasteiger partial charge in [-0.15, -0.1) is 0 Å². The molecule has 1 aliphatic heterocycles. The molecule has 0 unspecified atom stereocenters. The minimum Gasteiger partial charge on any atom is -0.303 e. The summed E-state index contributed by atoms with van der Waals surface area (Å²) in [4.78, 5) is 4.87. The van der Waals surface area contributed by atoms with E-state index in [1.165, 1.54) is 28.8 Å². The lowest BCUT2D eigenvalue weighted by molar-refractivity contribution is 0.628. The van der Waals surface area contributed by atoms with E-state index in [0.717, 1.165) is 36.5 Å². The van der Waals surface area contributed by atoms with Crippen LogP contribution in [0.5, 0.6) is 0 Å². The van der Waals surface area contributed by atoms with Crippen LogP contribution in [0, 0.1) is 12.7 Å². The lowest BCUT2D eigenvalue weighted by atomic mass is 9.88. The Morgan fingerprint density at radius 1 is 1.23 bits per heavy atom. The molecule has 0 fully saturated rings. The summed E-state index contributed by atoms with van der Waals surface area (Å²) in [7, 11) is 0. The average molecular weight is 316 g/mol. The molecule has 0 amide bonds. The monoisotopic (exact) mass is 316 g/mol. The molecule has 0 saturated heterocycles. The molecular formula is C18H21FN2S. The third-order valence-corrected chi connectivity index (χ3v) is 4.67. The molecule has 0 N–H and O–H groups in total. The predicted octanol–water partition coefficient (Wildman–Crippen LogP) is 4.92. The highest BCUT2D eigenvalue weighted by Gasteiger charge is 2.24. The highest BCUT2D eigenvalue weighted by Crippen LogP contribution is 2.39. The van der Waals surface area contributed by atoms with Crippen LogP contribution in [-0.2, 0) is 6.42 Å². The van der Waals surface area contributed by atoms with Crippen LogP contribution in [0.15, 0.2) is 24.3 Å². The molecule has 0 bridgehead atoms. The van der Waals surface area contributed by atoms with Gasteiger partial charge in [0.1, 0.15) is 11.6 Å². The van der Waals surface area contributed by atoms with E-state index in [1.807, 2.05) is 16.4 Å². The van der Waals surface area contributed by atoms with Gasteiger partial charge < -0.3 is 4.31 Å². The van der Waals surface area contributed by atoms with E-state index in [-0.39, 0.29) is 5.82 Å². The van der Waals surface area contributed by atoms with Gasteiger partial charge in [-0.05, 0) is 54.5 Å². The molecule has 2 heterocycles. The molecule has 1 aromatic carbocycles. The molecule has 3 rings (SSSR count). The molecule has 2 aromatic rings. The molecule has 2 nitrogen and oxygen atoms in total. The Kier molecular flexibility index (Phi) is 4.13. The number of thiol groups is 1. The lowest BCUT2D eigenvalue weighted by Gasteiger charge is -2.29. The van der Waals surface area contributed by atoms with Gasteiger partial charge >= 0.3 is 0 Å². The molecule has 0 saturated carbocycles. The number of hydrogen-bond acceptors (Lipinski definition) is 3. The highest BCUT2D eigenvalue weighted by molar-refractivity contribution is 7.81. The fourth-order valence-corrected chi connectivity index (χ4v) is 3.57. The van der Waals surface area contributed by atoms with Gasteiger partial charge in [-0.1, -0.05) is 38.8 Å². The number of pyridine rings is 1. The Bertz CT molecular complexity index is 695. The maximum absolute atomic E-state index is 13.3. The lowest BCUT2D eigenvalue weighted by Crippen LogP contribution is -2.23. The summed E-state index contributed by atoms with van der Waals surface area (Å²) in [6.07, 6.45) is 2.05. The zero-order chi connectivity index (χ0) is 15.9. The Morgan fingerprint density at radius 3 is 2.55 bits per heavy atom. The molecule has 0 aliphatic carbocycles. The van der Waals surface area contributed by atoms with Crippen LogP contribution in [-0.4, -0.2) is 11.5 Å². The first-order valence-corrected chi connectivity index (χ1v) is 8.14. The number of nitrogens with zero attached hydrogens (tertiary/aromatic N) is 2. The Morgan fingerprint density at radius 2 is 1.91 bits per heavy atom. The van der Waals surface area contributed by atoms with Gasteiger partial charge in [0.25, 0.3) is 0 Å². The van der Waals surface area contributed by atoms with Crippen LogP contribution in [0.1, 0.15) is 43.0 Å². The van der Waals surface area contributed by atoms with E-state index in [4.69, 9.17) is 4.98 Å². The number of benzene rings is 1. The van der Waals surface area contributed by atoms with Gasteiger partial charge in [-0.2, -0.15) is 0 Å². The normalized spacial score (nSPS) is 14.4. The summed E-state index contributed by atoms with van der Waals surface area (Å²) in [5.41, 5.74) is 5.79. The molecule has 116 valence electrons. The zero-order valence-corrected chi connectivity index (χ0v) is 14.1. The first-order chi connectivity index (χ1) is 10.5. The van der Waals surface area contributed by atoms with Gasteiger partial charge in [0.2, 0.25) is 0 Å². The SMILES string of the molecule is Cc1c(C(C)C)nc2c(c1-c1ccc(F)cc1)CCCN2S. The third kappa shape index (κ3) is 2.60. The van der Waals surface area contributed by atoms with Crippen molar-refractivity contribution in [2.75, 3.05) is 10.8 Å². The molecule has 0 atom stereocenters. The van der Waals surface area contributed by atoms with Crippen molar-refractivity contribution in [2.24, 2.45) is 0 Å². The number of anilines is 1. The number of aromatic nitrogens is 1. The maximum Gasteiger partial charge on any atom is 0.142 e. The van der Waals surface area contributed by atoms with Crippen LogP contribution in [0.2, 0.25) is 0 Å². The average Bonchev–Trinajstić information content (AvgIpc) is 2.48. The second kappa shape index (κ2) is 5.92. The Balaban J connectivity index is 2.29. The van der Waals surface area contributed by atoms with Gasteiger partial charge in [-0.25, -0.2) is 9.37 Å². The second-order valence-corrected chi connectivity index (χ2v) is 6.67. The van der Waals surface area contributed by atoms with Crippen LogP contribution in [0.3, 0.4) is 0 Å². The van der Waals surface area contributed by atoms with E-state index in [9.17, 15) is 4.39 Å². The van der Waals surface area contributed by atoms with Crippen molar-refractivity contribution in [3.8, 4) is 11.1 Å². The molecule has 1 aliphatic rings. The number of halogens is 1. The molecule has 0 radical (unpaired) electrons. The Hall–Kier alpha value is -1.55. The summed E-state index contributed by atoms with van der Waals surface area (Å²) in [6, 6.07) is 6.77. The van der Waals surface area contributed by atoms with E-state index in [0.29, 0.717) is 5.92 Å². The van der Waals surface area contributed by atoms with Crippen molar-refractivity contribution in [3.63, 3.8) is 0 Å². The van der Waals surface area contributed by atoms with Crippen molar-refractivity contribution in [1.29, 1.82) is 0 Å². The van der Waals surface area contributed by atoms with Gasteiger partial charge in [0.05, 0.1) is 0 Å². The first kappa shape index (κ1) is 15.3. The fraction of sp³-hybridized carbons (Fsp3) is 0.389. The highest BCUT2D eigenvalue weighted by atomic mass is 32.1. The van der Waals surface area contributed by atoms with Crippen molar-refractivity contribution < 1.29 is 4.39 Å². The maximum atomic E-state index is 13.3. The van der Waals surface area contributed by atoms with E-state index < -0.39 is 0 Å². The quantitative estimate of drug-likeness (QED) is 0.792. The number of hydrogen-bond donors (Lipinski definition) is 1.